The number of hydrogen-bond acceptors (Lipinski definition) is 5. The van der Waals surface area contributed by atoms with Crippen molar-refractivity contribution in [1.82, 2.24) is 19.6 Å². The average Bonchev–Trinajstić information content (AvgIpc) is 3.14. The quantitative estimate of drug-likeness (QED) is 0.614. The van der Waals surface area contributed by atoms with E-state index in [1.807, 2.05) is 43.3 Å². The largest absolute Gasteiger partial charge is 0.458 e. The molecule has 0 atom stereocenters. The van der Waals surface area contributed by atoms with E-state index in [0.717, 1.165) is 16.9 Å². The topological polar surface area (TPSA) is 82.2 Å². The van der Waals surface area contributed by atoms with Gasteiger partial charge in [-0.2, -0.15) is 4.52 Å². The predicted molar refractivity (Wildman–Crippen MR) is 83.1 cm³/mol. The summed E-state index contributed by atoms with van der Waals surface area (Å²) < 4.78 is 7.18. The molecule has 0 aliphatic heterocycles. The lowest BCUT2D eigenvalue weighted by Gasteiger charge is -2.03. The van der Waals surface area contributed by atoms with Crippen molar-refractivity contribution in [3.05, 3.63) is 54.6 Å². The standard InChI is InChI=1S/C16H13N5O/c1-10-2-3-13(22-10)16-19-15-9-12(8-14(17)21(15)20-16)11-4-6-18-7-5-11/h2-9H,17H2,1H3. The van der Waals surface area contributed by atoms with Crippen molar-refractivity contribution in [2.75, 3.05) is 5.73 Å². The zero-order valence-corrected chi connectivity index (χ0v) is 11.9. The van der Waals surface area contributed by atoms with Crippen LogP contribution in [0.4, 0.5) is 5.82 Å². The Morgan fingerprint density at radius 1 is 1.05 bits per heavy atom. The normalized spacial score (nSPS) is 11.1. The number of aromatic nitrogens is 4. The highest BCUT2D eigenvalue weighted by molar-refractivity contribution is 5.71. The van der Waals surface area contributed by atoms with Crippen LogP contribution in [0.3, 0.4) is 0 Å². The summed E-state index contributed by atoms with van der Waals surface area (Å²) in [6.07, 6.45) is 3.49. The molecule has 22 heavy (non-hydrogen) atoms. The molecular formula is C16H13N5O. The van der Waals surface area contributed by atoms with E-state index >= 15 is 0 Å². The second kappa shape index (κ2) is 4.70. The lowest BCUT2D eigenvalue weighted by molar-refractivity contribution is 0.544. The number of aryl methyl sites for hydroxylation is 1. The van der Waals surface area contributed by atoms with Gasteiger partial charge >= 0.3 is 0 Å². The molecule has 6 nitrogen and oxygen atoms in total. The maximum atomic E-state index is 6.11. The number of fused-ring (bicyclic) bond motifs is 1. The first kappa shape index (κ1) is 12.6. The lowest BCUT2D eigenvalue weighted by Crippen LogP contribution is -1.99. The minimum atomic E-state index is 0.520. The van der Waals surface area contributed by atoms with Crippen LogP contribution >= 0.6 is 0 Å². The first-order valence-corrected chi connectivity index (χ1v) is 6.84. The molecule has 4 aromatic heterocycles. The zero-order chi connectivity index (χ0) is 15.1. The van der Waals surface area contributed by atoms with E-state index in [-0.39, 0.29) is 0 Å². The Labute approximate surface area is 126 Å². The number of hydrogen-bond donors (Lipinski definition) is 1. The number of nitrogen functional groups attached to an aromatic ring is 1. The van der Waals surface area contributed by atoms with Crippen LogP contribution in [0.2, 0.25) is 0 Å². The predicted octanol–water partition coefficient (Wildman–Crippen LogP) is 2.94. The van der Waals surface area contributed by atoms with Gasteiger partial charge in [-0.1, -0.05) is 0 Å². The van der Waals surface area contributed by atoms with Crippen molar-refractivity contribution >= 4 is 11.5 Å². The number of nitrogens with two attached hydrogens (primary N) is 1. The van der Waals surface area contributed by atoms with E-state index in [1.54, 1.807) is 16.9 Å². The van der Waals surface area contributed by atoms with Gasteiger partial charge in [0.25, 0.3) is 0 Å². The van der Waals surface area contributed by atoms with Gasteiger partial charge in [-0.25, -0.2) is 4.98 Å². The van der Waals surface area contributed by atoms with E-state index < -0.39 is 0 Å². The summed E-state index contributed by atoms with van der Waals surface area (Å²) in [6.45, 7) is 1.88. The number of anilines is 1. The highest BCUT2D eigenvalue weighted by Crippen LogP contribution is 2.25. The number of furan rings is 1. The maximum absolute atomic E-state index is 6.11. The fraction of sp³-hybridized carbons (Fsp3) is 0.0625. The van der Waals surface area contributed by atoms with Crippen molar-refractivity contribution in [2.45, 2.75) is 6.92 Å². The molecule has 0 fully saturated rings. The van der Waals surface area contributed by atoms with Crippen LogP contribution in [0.15, 0.2) is 53.2 Å². The van der Waals surface area contributed by atoms with Gasteiger partial charge in [0, 0.05) is 12.4 Å². The Balaban J connectivity index is 1.88. The third-order valence-corrected chi connectivity index (χ3v) is 3.44. The first-order valence-electron chi connectivity index (χ1n) is 6.84. The highest BCUT2D eigenvalue weighted by atomic mass is 16.3. The maximum Gasteiger partial charge on any atom is 0.217 e. The van der Waals surface area contributed by atoms with Crippen LogP contribution in [-0.2, 0) is 0 Å². The molecule has 0 saturated heterocycles. The first-order chi connectivity index (χ1) is 10.7. The van der Waals surface area contributed by atoms with Gasteiger partial charge in [0.05, 0.1) is 0 Å². The van der Waals surface area contributed by atoms with Crippen LogP contribution in [-0.4, -0.2) is 19.6 Å². The minimum absolute atomic E-state index is 0.520. The Morgan fingerprint density at radius 2 is 1.86 bits per heavy atom. The summed E-state index contributed by atoms with van der Waals surface area (Å²) in [5, 5.41) is 4.41. The smallest absolute Gasteiger partial charge is 0.217 e. The molecule has 0 aliphatic carbocycles. The van der Waals surface area contributed by atoms with E-state index in [9.17, 15) is 0 Å². The third kappa shape index (κ3) is 2.01. The van der Waals surface area contributed by atoms with Crippen LogP contribution in [0.5, 0.6) is 0 Å². The summed E-state index contributed by atoms with van der Waals surface area (Å²) in [5.41, 5.74) is 8.79. The number of nitrogens with zero attached hydrogens (tertiary/aromatic N) is 4. The molecule has 0 unspecified atom stereocenters. The van der Waals surface area contributed by atoms with Crippen molar-refractivity contribution in [3.63, 3.8) is 0 Å². The van der Waals surface area contributed by atoms with E-state index in [0.29, 0.717) is 23.0 Å². The van der Waals surface area contributed by atoms with Crippen LogP contribution in [0.1, 0.15) is 5.76 Å². The van der Waals surface area contributed by atoms with Gasteiger partial charge in [0.1, 0.15) is 11.6 Å². The highest BCUT2D eigenvalue weighted by Gasteiger charge is 2.12. The Kier molecular flexibility index (Phi) is 2.69. The minimum Gasteiger partial charge on any atom is -0.458 e. The molecule has 0 aliphatic rings. The van der Waals surface area contributed by atoms with E-state index in [4.69, 9.17) is 10.2 Å². The van der Waals surface area contributed by atoms with Gasteiger partial charge in [-0.05, 0) is 54.4 Å². The number of rotatable bonds is 2. The molecule has 0 radical (unpaired) electrons. The SMILES string of the molecule is Cc1ccc(-c2nc3cc(-c4ccncc4)cc(N)n3n2)o1. The fourth-order valence-electron chi connectivity index (χ4n) is 2.38. The monoisotopic (exact) mass is 291 g/mol. The molecule has 0 aromatic carbocycles. The molecule has 0 saturated carbocycles. The van der Waals surface area contributed by atoms with E-state index in [2.05, 4.69) is 15.1 Å². The lowest BCUT2D eigenvalue weighted by atomic mass is 10.1. The van der Waals surface area contributed by atoms with Crippen LogP contribution in [0, 0.1) is 6.92 Å². The summed E-state index contributed by atoms with van der Waals surface area (Å²) in [7, 11) is 0. The molecule has 108 valence electrons. The van der Waals surface area contributed by atoms with Gasteiger partial charge in [-0.3, -0.25) is 4.98 Å². The second-order valence-electron chi connectivity index (χ2n) is 5.02. The zero-order valence-electron chi connectivity index (χ0n) is 11.9. The van der Waals surface area contributed by atoms with Gasteiger partial charge in [0.15, 0.2) is 11.4 Å². The molecule has 4 rings (SSSR count). The Bertz CT molecular complexity index is 955. The van der Waals surface area contributed by atoms with Gasteiger partial charge in [-0.15, -0.1) is 5.10 Å². The molecular weight excluding hydrogens is 278 g/mol. The fourth-order valence-corrected chi connectivity index (χ4v) is 2.38. The van der Waals surface area contributed by atoms with E-state index in [1.165, 1.54) is 0 Å². The van der Waals surface area contributed by atoms with Gasteiger partial charge in [0.2, 0.25) is 5.82 Å². The molecule has 6 heteroatoms. The van der Waals surface area contributed by atoms with Gasteiger partial charge < -0.3 is 10.2 Å². The van der Waals surface area contributed by atoms with Crippen molar-refractivity contribution in [2.24, 2.45) is 0 Å². The molecule has 0 bridgehead atoms. The third-order valence-electron chi connectivity index (χ3n) is 3.44. The van der Waals surface area contributed by atoms with Crippen molar-refractivity contribution < 1.29 is 4.42 Å². The summed E-state index contributed by atoms with van der Waals surface area (Å²) >= 11 is 0. The molecule has 0 amide bonds. The summed E-state index contributed by atoms with van der Waals surface area (Å²) in [4.78, 5) is 8.53. The van der Waals surface area contributed by atoms with Crippen molar-refractivity contribution in [3.8, 4) is 22.7 Å². The summed E-state index contributed by atoms with van der Waals surface area (Å²) in [5.74, 6) is 2.49. The molecule has 0 spiro atoms. The Hall–Kier alpha value is -3.15. The Morgan fingerprint density at radius 3 is 2.59 bits per heavy atom. The molecule has 4 aromatic rings. The molecule has 2 N–H and O–H groups in total. The van der Waals surface area contributed by atoms with Crippen LogP contribution in [0.25, 0.3) is 28.4 Å². The molecule has 4 heterocycles. The second-order valence-corrected chi connectivity index (χ2v) is 5.02. The average molecular weight is 291 g/mol. The number of pyridine rings is 2. The van der Waals surface area contributed by atoms with Crippen molar-refractivity contribution in [1.29, 1.82) is 0 Å². The van der Waals surface area contributed by atoms with Crippen LogP contribution < -0.4 is 5.73 Å². The summed E-state index contributed by atoms with van der Waals surface area (Å²) in [6, 6.07) is 11.4.